The van der Waals surface area contributed by atoms with Gasteiger partial charge in [0.25, 0.3) is 0 Å². The van der Waals surface area contributed by atoms with Gasteiger partial charge < -0.3 is 19.0 Å². The molecule has 3 rings (SSSR count). The largest absolute Gasteiger partial charge is 0.466 e. The van der Waals surface area contributed by atoms with Crippen molar-refractivity contribution in [3.63, 3.8) is 0 Å². The van der Waals surface area contributed by atoms with Gasteiger partial charge in [0.2, 0.25) is 0 Å². The number of rotatable bonds is 11. The molecule has 0 spiro atoms. The van der Waals surface area contributed by atoms with Crippen LogP contribution in [0.3, 0.4) is 0 Å². The Kier molecular flexibility index (Phi) is 9.46. The molecule has 3 aromatic carbocycles. The van der Waals surface area contributed by atoms with Crippen molar-refractivity contribution in [2.75, 3.05) is 13.2 Å². The van der Waals surface area contributed by atoms with Crippen molar-refractivity contribution in [2.45, 2.75) is 37.7 Å². The summed E-state index contributed by atoms with van der Waals surface area (Å²) in [4.78, 5) is 24.4. The van der Waals surface area contributed by atoms with E-state index in [9.17, 15) is 18.0 Å². The molecule has 0 aliphatic carbocycles. The first-order chi connectivity index (χ1) is 17.3. The van der Waals surface area contributed by atoms with Crippen LogP contribution in [0.1, 0.15) is 36.0 Å². The number of esters is 1. The van der Waals surface area contributed by atoms with Crippen LogP contribution in [0.2, 0.25) is 0 Å². The highest BCUT2D eigenvalue weighted by Gasteiger charge is 2.20. The third-order valence-corrected chi connectivity index (χ3v) is 6.55. The first-order valence-corrected chi connectivity index (χ1v) is 12.9. The van der Waals surface area contributed by atoms with E-state index in [4.69, 9.17) is 13.7 Å². The number of hydrogen-bond donors (Lipinski definition) is 1. The molecule has 1 N–H and O–H groups in total. The maximum Gasteiger partial charge on any atom is 0.407 e. The number of carbonyl (C=O) groups is 2. The lowest BCUT2D eigenvalue weighted by Gasteiger charge is -2.18. The van der Waals surface area contributed by atoms with Crippen molar-refractivity contribution in [3.05, 3.63) is 95.6 Å². The van der Waals surface area contributed by atoms with Gasteiger partial charge in [-0.05, 0) is 49.2 Å². The summed E-state index contributed by atoms with van der Waals surface area (Å²) >= 11 is 0. The Labute approximate surface area is 211 Å². The van der Waals surface area contributed by atoms with E-state index in [1.54, 1.807) is 31.2 Å². The Bertz CT molecular complexity index is 1240. The number of alkyl carbamates (subject to hydrolysis) is 1. The van der Waals surface area contributed by atoms with Crippen molar-refractivity contribution in [3.8, 4) is 5.75 Å². The number of hydrogen-bond acceptors (Lipinski definition) is 7. The van der Waals surface area contributed by atoms with E-state index in [2.05, 4.69) is 5.32 Å². The van der Waals surface area contributed by atoms with Crippen molar-refractivity contribution in [1.29, 1.82) is 0 Å². The van der Waals surface area contributed by atoms with E-state index < -0.39 is 28.1 Å². The SMILES string of the molecule is CCOC(=O)CC(CNC(=O)OCc1ccccc1)c1ccc(OS(=O)(=O)c2ccc(C)cc2)cc1. The molecular formula is C27H29NO7S. The van der Waals surface area contributed by atoms with Crippen LogP contribution in [0.15, 0.2) is 83.8 Å². The molecule has 0 aliphatic heterocycles. The minimum atomic E-state index is -3.99. The second-order valence-electron chi connectivity index (χ2n) is 8.07. The highest BCUT2D eigenvalue weighted by Crippen LogP contribution is 2.25. The summed E-state index contributed by atoms with van der Waals surface area (Å²) in [6.07, 6.45) is -0.592. The average molecular weight is 512 g/mol. The normalized spacial score (nSPS) is 11.8. The number of aryl methyl sites for hydroxylation is 1. The van der Waals surface area contributed by atoms with Gasteiger partial charge in [-0.1, -0.05) is 60.2 Å². The second-order valence-corrected chi connectivity index (χ2v) is 9.61. The van der Waals surface area contributed by atoms with E-state index in [0.717, 1.165) is 11.1 Å². The zero-order valence-corrected chi connectivity index (χ0v) is 21.0. The Morgan fingerprint density at radius 3 is 2.19 bits per heavy atom. The lowest BCUT2D eigenvalue weighted by Crippen LogP contribution is -2.30. The maximum absolute atomic E-state index is 12.5. The summed E-state index contributed by atoms with van der Waals surface area (Å²) in [5, 5.41) is 2.68. The molecule has 8 nitrogen and oxygen atoms in total. The molecule has 0 saturated carbocycles. The number of carbonyl (C=O) groups excluding carboxylic acids is 2. The van der Waals surface area contributed by atoms with Crippen LogP contribution < -0.4 is 9.50 Å². The van der Waals surface area contributed by atoms with Gasteiger partial charge in [-0.3, -0.25) is 4.79 Å². The Morgan fingerprint density at radius 2 is 1.56 bits per heavy atom. The van der Waals surface area contributed by atoms with Crippen LogP contribution in [-0.2, 0) is 31.0 Å². The predicted octanol–water partition coefficient (Wildman–Crippen LogP) is 4.73. The monoisotopic (exact) mass is 511 g/mol. The van der Waals surface area contributed by atoms with Gasteiger partial charge in [-0.25, -0.2) is 4.79 Å². The Balaban J connectivity index is 1.65. The van der Waals surface area contributed by atoms with Crippen molar-refractivity contribution >= 4 is 22.2 Å². The molecule has 1 amide bonds. The third kappa shape index (κ3) is 8.13. The van der Waals surface area contributed by atoms with Gasteiger partial charge in [-0.15, -0.1) is 0 Å². The van der Waals surface area contributed by atoms with Crippen molar-refractivity contribution in [1.82, 2.24) is 5.32 Å². The average Bonchev–Trinajstić information content (AvgIpc) is 2.86. The second kappa shape index (κ2) is 12.7. The maximum atomic E-state index is 12.5. The molecule has 0 aliphatic rings. The summed E-state index contributed by atoms with van der Waals surface area (Å²) in [5.41, 5.74) is 2.49. The molecule has 1 unspecified atom stereocenters. The van der Waals surface area contributed by atoms with E-state index in [1.165, 1.54) is 24.3 Å². The first kappa shape index (κ1) is 26.7. The Morgan fingerprint density at radius 1 is 0.889 bits per heavy atom. The van der Waals surface area contributed by atoms with E-state index in [-0.39, 0.29) is 36.8 Å². The molecule has 0 saturated heterocycles. The summed E-state index contributed by atoms with van der Waals surface area (Å²) < 4.78 is 40.6. The van der Waals surface area contributed by atoms with Crippen LogP contribution in [0.4, 0.5) is 4.79 Å². The van der Waals surface area contributed by atoms with Crippen LogP contribution >= 0.6 is 0 Å². The highest BCUT2D eigenvalue weighted by atomic mass is 32.2. The number of nitrogens with one attached hydrogen (secondary N) is 1. The van der Waals surface area contributed by atoms with Gasteiger partial charge >= 0.3 is 22.2 Å². The quantitative estimate of drug-likeness (QED) is 0.293. The van der Waals surface area contributed by atoms with E-state index >= 15 is 0 Å². The summed E-state index contributed by atoms with van der Waals surface area (Å²) in [5.74, 6) is -0.704. The highest BCUT2D eigenvalue weighted by molar-refractivity contribution is 7.87. The molecule has 9 heteroatoms. The molecule has 3 aromatic rings. The molecule has 36 heavy (non-hydrogen) atoms. The Hall–Kier alpha value is -3.85. The zero-order chi connectivity index (χ0) is 26.0. The summed E-state index contributed by atoms with van der Waals surface area (Å²) in [6, 6.07) is 21.9. The molecule has 0 bridgehead atoms. The zero-order valence-electron chi connectivity index (χ0n) is 20.2. The fourth-order valence-corrected chi connectivity index (χ4v) is 4.32. The van der Waals surface area contributed by atoms with Gasteiger partial charge in [0.15, 0.2) is 0 Å². The van der Waals surface area contributed by atoms with Gasteiger partial charge in [-0.2, -0.15) is 8.42 Å². The fourth-order valence-electron chi connectivity index (χ4n) is 3.38. The van der Waals surface area contributed by atoms with Crippen LogP contribution in [0.25, 0.3) is 0 Å². The minimum Gasteiger partial charge on any atom is -0.466 e. The fraction of sp³-hybridized carbons (Fsp3) is 0.259. The summed E-state index contributed by atoms with van der Waals surface area (Å²) in [7, 11) is -3.99. The smallest absolute Gasteiger partial charge is 0.407 e. The number of ether oxygens (including phenoxy) is 2. The van der Waals surface area contributed by atoms with Crippen LogP contribution in [0, 0.1) is 6.92 Å². The first-order valence-electron chi connectivity index (χ1n) is 11.5. The topological polar surface area (TPSA) is 108 Å². The van der Waals surface area contributed by atoms with E-state index in [1.807, 2.05) is 37.3 Å². The molecule has 190 valence electrons. The predicted molar refractivity (Wildman–Crippen MR) is 134 cm³/mol. The lowest BCUT2D eigenvalue weighted by atomic mass is 9.95. The molecule has 0 fully saturated rings. The van der Waals surface area contributed by atoms with Crippen LogP contribution in [0.5, 0.6) is 5.75 Å². The third-order valence-electron chi connectivity index (χ3n) is 5.29. The molecular weight excluding hydrogens is 482 g/mol. The van der Waals surface area contributed by atoms with Crippen molar-refractivity contribution < 1.29 is 31.7 Å². The van der Waals surface area contributed by atoms with E-state index in [0.29, 0.717) is 5.56 Å². The van der Waals surface area contributed by atoms with Crippen molar-refractivity contribution in [2.24, 2.45) is 0 Å². The minimum absolute atomic E-state index is 0.0225. The van der Waals surface area contributed by atoms with Gasteiger partial charge in [0.05, 0.1) is 13.0 Å². The molecule has 0 aromatic heterocycles. The lowest BCUT2D eigenvalue weighted by molar-refractivity contribution is -0.143. The number of benzene rings is 3. The molecule has 0 radical (unpaired) electrons. The molecule has 0 heterocycles. The molecule has 1 atom stereocenters. The van der Waals surface area contributed by atoms with Gasteiger partial charge in [0, 0.05) is 12.5 Å². The standard InChI is InChI=1S/C27H29NO7S/c1-3-33-26(29)17-23(18-28-27(30)34-19-21-7-5-4-6-8-21)22-11-13-24(14-12-22)35-36(31,32)25-15-9-20(2)10-16-25/h4-16,23H,3,17-19H2,1-2H3,(H,28,30). The van der Waals surface area contributed by atoms with Crippen LogP contribution in [-0.4, -0.2) is 33.6 Å². The number of amides is 1. The van der Waals surface area contributed by atoms with Gasteiger partial charge in [0.1, 0.15) is 17.3 Å². The summed E-state index contributed by atoms with van der Waals surface area (Å²) in [6.45, 7) is 4.06.